The van der Waals surface area contributed by atoms with Crippen molar-refractivity contribution in [3.05, 3.63) is 39.2 Å². The van der Waals surface area contributed by atoms with Gasteiger partial charge < -0.3 is 14.4 Å². The van der Waals surface area contributed by atoms with Gasteiger partial charge in [-0.1, -0.05) is 0 Å². The molecular formula is C14H17NO3. The normalized spacial score (nSPS) is 11.4. The molecule has 2 rings (SSSR count). The number of phenolic OH excluding ortho intramolecular Hbond substituents is 1. The van der Waals surface area contributed by atoms with Crippen molar-refractivity contribution in [2.45, 2.75) is 20.4 Å². The zero-order valence-electron chi connectivity index (χ0n) is 11.1. The van der Waals surface area contributed by atoms with E-state index in [0.29, 0.717) is 23.3 Å². The second kappa shape index (κ2) is 4.46. The van der Waals surface area contributed by atoms with Crippen LogP contribution in [0.25, 0.3) is 11.0 Å². The Bertz CT molecular complexity index is 656. The molecule has 0 unspecified atom stereocenters. The number of aryl methyl sites for hydroxylation is 1. The van der Waals surface area contributed by atoms with Crippen molar-refractivity contribution < 1.29 is 9.52 Å². The van der Waals surface area contributed by atoms with E-state index in [2.05, 4.69) is 0 Å². The first-order valence-electron chi connectivity index (χ1n) is 5.81. The molecule has 18 heavy (non-hydrogen) atoms. The molecule has 0 radical (unpaired) electrons. The first kappa shape index (κ1) is 12.6. The SMILES string of the molecule is Cc1c(C)c2ccc(O)c(CN(C)C)c2oc1=O. The van der Waals surface area contributed by atoms with Crippen molar-refractivity contribution in [1.82, 2.24) is 4.90 Å². The van der Waals surface area contributed by atoms with Crippen LogP contribution in [-0.2, 0) is 6.54 Å². The molecule has 96 valence electrons. The van der Waals surface area contributed by atoms with Gasteiger partial charge in [0.05, 0.1) is 5.56 Å². The van der Waals surface area contributed by atoms with Crippen LogP contribution in [0.3, 0.4) is 0 Å². The Labute approximate surface area is 105 Å². The summed E-state index contributed by atoms with van der Waals surface area (Å²) in [7, 11) is 3.80. The maximum absolute atomic E-state index is 11.7. The van der Waals surface area contributed by atoms with E-state index in [1.807, 2.05) is 25.9 Å². The molecule has 0 atom stereocenters. The van der Waals surface area contributed by atoms with E-state index in [1.54, 1.807) is 19.1 Å². The quantitative estimate of drug-likeness (QED) is 0.826. The Morgan fingerprint density at radius 2 is 1.89 bits per heavy atom. The predicted octanol–water partition coefficient (Wildman–Crippen LogP) is 2.18. The molecule has 0 spiro atoms. The molecule has 0 fully saturated rings. The molecule has 4 heteroatoms. The Morgan fingerprint density at radius 3 is 2.50 bits per heavy atom. The smallest absolute Gasteiger partial charge is 0.339 e. The second-order valence-electron chi connectivity index (χ2n) is 4.82. The van der Waals surface area contributed by atoms with Crippen LogP contribution in [0.1, 0.15) is 16.7 Å². The standard InChI is InChI=1S/C14H17NO3/c1-8-9(2)14(17)18-13-10(8)5-6-12(16)11(13)7-15(3)4/h5-6,16H,7H2,1-4H3. The zero-order valence-corrected chi connectivity index (χ0v) is 11.1. The highest BCUT2D eigenvalue weighted by molar-refractivity contribution is 5.85. The van der Waals surface area contributed by atoms with Crippen molar-refractivity contribution in [1.29, 1.82) is 0 Å². The monoisotopic (exact) mass is 247 g/mol. The van der Waals surface area contributed by atoms with Gasteiger partial charge in [-0.2, -0.15) is 0 Å². The van der Waals surface area contributed by atoms with Crippen LogP contribution in [0.15, 0.2) is 21.3 Å². The number of hydrogen-bond donors (Lipinski definition) is 1. The fourth-order valence-electron chi connectivity index (χ4n) is 2.02. The molecule has 4 nitrogen and oxygen atoms in total. The van der Waals surface area contributed by atoms with Crippen LogP contribution >= 0.6 is 0 Å². The van der Waals surface area contributed by atoms with Crippen molar-refractivity contribution in [3.63, 3.8) is 0 Å². The summed E-state index contributed by atoms with van der Waals surface area (Å²) in [5.74, 6) is 0.155. The molecule has 1 heterocycles. The molecule has 1 aromatic heterocycles. The summed E-state index contributed by atoms with van der Waals surface area (Å²) in [5, 5.41) is 10.8. The van der Waals surface area contributed by atoms with Gasteiger partial charge in [0.25, 0.3) is 0 Å². The average Bonchev–Trinajstić information content (AvgIpc) is 2.30. The third-order valence-electron chi connectivity index (χ3n) is 3.18. The fraction of sp³-hybridized carbons (Fsp3) is 0.357. The number of nitrogens with zero attached hydrogens (tertiary/aromatic N) is 1. The summed E-state index contributed by atoms with van der Waals surface area (Å²) in [6, 6.07) is 3.43. The van der Waals surface area contributed by atoms with Gasteiger partial charge in [0.2, 0.25) is 0 Å². The van der Waals surface area contributed by atoms with Crippen molar-refractivity contribution in [2.75, 3.05) is 14.1 Å². The van der Waals surface area contributed by atoms with Gasteiger partial charge >= 0.3 is 5.63 Å². The van der Waals surface area contributed by atoms with Crippen LogP contribution in [0.4, 0.5) is 0 Å². The van der Waals surface area contributed by atoms with Gasteiger partial charge in [-0.15, -0.1) is 0 Å². The van der Waals surface area contributed by atoms with Gasteiger partial charge in [-0.25, -0.2) is 4.79 Å². The Morgan fingerprint density at radius 1 is 1.22 bits per heavy atom. The van der Waals surface area contributed by atoms with Crippen molar-refractivity contribution in [3.8, 4) is 5.75 Å². The first-order valence-corrected chi connectivity index (χ1v) is 5.81. The molecule has 0 bridgehead atoms. The highest BCUT2D eigenvalue weighted by Gasteiger charge is 2.14. The summed E-state index contributed by atoms with van der Waals surface area (Å²) in [4.78, 5) is 13.7. The molecule has 0 aliphatic heterocycles. The Kier molecular flexibility index (Phi) is 3.13. The third-order valence-corrected chi connectivity index (χ3v) is 3.18. The average molecular weight is 247 g/mol. The minimum absolute atomic E-state index is 0.155. The topological polar surface area (TPSA) is 53.7 Å². The zero-order chi connectivity index (χ0) is 13.4. The maximum Gasteiger partial charge on any atom is 0.339 e. The molecule has 0 amide bonds. The molecule has 0 aliphatic carbocycles. The van der Waals surface area contributed by atoms with Gasteiger partial charge in [-0.05, 0) is 45.6 Å². The number of hydrogen-bond acceptors (Lipinski definition) is 4. The highest BCUT2D eigenvalue weighted by atomic mass is 16.4. The van der Waals surface area contributed by atoms with Crippen LogP contribution < -0.4 is 5.63 Å². The lowest BCUT2D eigenvalue weighted by Crippen LogP contribution is -2.13. The van der Waals surface area contributed by atoms with Crippen LogP contribution in [-0.4, -0.2) is 24.1 Å². The Balaban J connectivity index is 2.85. The molecule has 1 N–H and O–H groups in total. The lowest BCUT2D eigenvalue weighted by molar-refractivity contribution is 0.383. The first-order chi connectivity index (χ1) is 8.41. The molecule has 1 aromatic carbocycles. The summed E-state index contributed by atoms with van der Waals surface area (Å²) >= 11 is 0. The van der Waals surface area contributed by atoms with Crippen LogP contribution in [0, 0.1) is 13.8 Å². The highest BCUT2D eigenvalue weighted by Crippen LogP contribution is 2.29. The minimum Gasteiger partial charge on any atom is -0.507 e. The lowest BCUT2D eigenvalue weighted by Gasteiger charge is -2.14. The van der Waals surface area contributed by atoms with Crippen molar-refractivity contribution >= 4 is 11.0 Å². The second-order valence-corrected chi connectivity index (χ2v) is 4.82. The Hall–Kier alpha value is -1.81. The van der Waals surface area contributed by atoms with E-state index in [-0.39, 0.29) is 11.4 Å². The van der Waals surface area contributed by atoms with Crippen LogP contribution in [0.5, 0.6) is 5.75 Å². The molecular weight excluding hydrogens is 230 g/mol. The summed E-state index contributed by atoms with van der Waals surface area (Å²) < 4.78 is 5.34. The van der Waals surface area contributed by atoms with Gasteiger partial charge in [0.1, 0.15) is 11.3 Å². The van der Waals surface area contributed by atoms with E-state index in [1.165, 1.54) is 0 Å². The van der Waals surface area contributed by atoms with Gasteiger partial charge in [-0.3, -0.25) is 0 Å². The molecule has 0 saturated heterocycles. The number of fused-ring (bicyclic) bond motifs is 1. The maximum atomic E-state index is 11.7. The third kappa shape index (κ3) is 1.99. The fourth-order valence-corrected chi connectivity index (χ4v) is 2.02. The molecule has 0 aliphatic rings. The summed E-state index contributed by atoms with van der Waals surface area (Å²) in [5.41, 5.74) is 2.31. The van der Waals surface area contributed by atoms with Gasteiger partial charge in [0.15, 0.2) is 0 Å². The number of phenols is 1. The summed E-state index contributed by atoms with van der Waals surface area (Å²) in [6.07, 6.45) is 0. The lowest BCUT2D eigenvalue weighted by atomic mass is 10.0. The van der Waals surface area contributed by atoms with E-state index in [4.69, 9.17) is 4.42 Å². The van der Waals surface area contributed by atoms with E-state index in [9.17, 15) is 9.90 Å². The van der Waals surface area contributed by atoms with E-state index in [0.717, 1.165) is 10.9 Å². The minimum atomic E-state index is -0.342. The number of rotatable bonds is 2. The summed E-state index contributed by atoms with van der Waals surface area (Å²) in [6.45, 7) is 4.17. The van der Waals surface area contributed by atoms with Crippen molar-refractivity contribution in [2.24, 2.45) is 0 Å². The van der Waals surface area contributed by atoms with E-state index >= 15 is 0 Å². The predicted molar refractivity (Wildman–Crippen MR) is 71.0 cm³/mol. The van der Waals surface area contributed by atoms with Gasteiger partial charge in [0, 0.05) is 17.5 Å². The molecule has 2 aromatic rings. The number of aromatic hydroxyl groups is 1. The van der Waals surface area contributed by atoms with Crippen LogP contribution in [0.2, 0.25) is 0 Å². The largest absolute Gasteiger partial charge is 0.507 e. The number of benzene rings is 1. The molecule has 0 saturated carbocycles. The van der Waals surface area contributed by atoms with E-state index < -0.39 is 0 Å².